The third-order valence-corrected chi connectivity index (χ3v) is 2.34. The van der Waals surface area contributed by atoms with Crippen LogP contribution in [0.3, 0.4) is 0 Å². The van der Waals surface area contributed by atoms with Gasteiger partial charge in [0.25, 0.3) is 0 Å². The van der Waals surface area contributed by atoms with Crippen LogP contribution < -0.4 is 10.5 Å². The number of pyridine rings is 1. The van der Waals surface area contributed by atoms with Crippen LogP contribution in [0.25, 0.3) is 0 Å². The van der Waals surface area contributed by atoms with Crippen LogP contribution in [0.5, 0.6) is 11.6 Å². The smallest absolute Gasteiger partial charge is 0.219 e. The fourth-order valence-corrected chi connectivity index (χ4v) is 1.39. The van der Waals surface area contributed by atoms with Gasteiger partial charge in [0.05, 0.1) is 0 Å². The molecule has 3 N–H and O–H groups in total. The average Bonchev–Trinajstić information content (AvgIpc) is 2.41. The lowest BCUT2D eigenvalue weighted by molar-refractivity contribution is 0.318. The van der Waals surface area contributed by atoms with Gasteiger partial charge in [-0.3, -0.25) is 0 Å². The van der Waals surface area contributed by atoms with E-state index in [9.17, 15) is 0 Å². The number of hydrogen-bond donors (Lipinski definition) is 2. The van der Waals surface area contributed by atoms with Crippen LogP contribution in [0.2, 0.25) is 0 Å². The molecule has 0 fully saturated rings. The van der Waals surface area contributed by atoms with E-state index in [2.05, 4.69) is 10.1 Å². The predicted molar refractivity (Wildman–Crippen MR) is 68.0 cm³/mol. The summed E-state index contributed by atoms with van der Waals surface area (Å²) in [4.78, 5) is 4.12. The molecule has 0 unspecified atom stereocenters. The van der Waals surface area contributed by atoms with E-state index in [1.54, 1.807) is 18.2 Å². The normalized spacial score (nSPS) is 11.3. The van der Waals surface area contributed by atoms with Crippen molar-refractivity contribution in [2.45, 2.75) is 6.92 Å². The van der Waals surface area contributed by atoms with Crippen molar-refractivity contribution in [1.29, 1.82) is 0 Å². The van der Waals surface area contributed by atoms with Crippen LogP contribution in [0.1, 0.15) is 11.3 Å². The van der Waals surface area contributed by atoms with E-state index in [-0.39, 0.29) is 5.84 Å². The van der Waals surface area contributed by atoms with E-state index in [1.165, 1.54) is 0 Å². The molecule has 0 atom stereocenters. The second kappa shape index (κ2) is 5.18. The SMILES string of the molecule is Cc1ccc(Oc2cccc(C(N)=NO)n2)cc1. The molecule has 0 spiro atoms. The van der Waals surface area contributed by atoms with Gasteiger partial charge in [0.2, 0.25) is 5.88 Å². The minimum atomic E-state index is -0.0515. The number of hydrogen-bond acceptors (Lipinski definition) is 4. The average molecular weight is 243 g/mol. The van der Waals surface area contributed by atoms with Gasteiger partial charge in [0.1, 0.15) is 11.4 Å². The van der Waals surface area contributed by atoms with Crippen molar-refractivity contribution in [2.24, 2.45) is 10.9 Å². The maximum atomic E-state index is 8.58. The molecule has 1 aromatic heterocycles. The monoisotopic (exact) mass is 243 g/mol. The largest absolute Gasteiger partial charge is 0.439 e. The van der Waals surface area contributed by atoms with Gasteiger partial charge in [0, 0.05) is 6.07 Å². The van der Waals surface area contributed by atoms with Crippen LogP contribution in [-0.2, 0) is 0 Å². The highest BCUT2D eigenvalue weighted by molar-refractivity contribution is 5.95. The number of nitrogens with two attached hydrogens (primary N) is 1. The number of benzene rings is 1. The van der Waals surface area contributed by atoms with Crippen molar-refractivity contribution in [2.75, 3.05) is 0 Å². The molecule has 1 heterocycles. The highest BCUT2D eigenvalue weighted by Gasteiger charge is 2.04. The zero-order chi connectivity index (χ0) is 13.0. The van der Waals surface area contributed by atoms with Crippen LogP contribution >= 0.6 is 0 Å². The topological polar surface area (TPSA) is 80.7 Å². The summed E-state index contributed by atoms with van der Waals surface area (Å²) in [5.74, 6) is 1.03. The maximum Gasteiger partial charge on any atom is 0.219 e. The first-order chi connectivity index (χ1) is 8.69. The number of ether oxygens (including phenoxy) is 1. The minimum absolute atomic E-state index is 0.0515. The summed E-state index contributed by atoms with van der Waals surface area (Å²) < 4.78 is 5.57. The molecule has 0 aliphatic heterocycles. The Balaban J connectivity index is 2.22. The fourth-order valence-electron chi connectivity index (χ4n) is 1.39. The first kappa shape index (κ1) is 11.9. The molecule has 0 saturated carbocycles. The van der Waals surface area contributed by atoms with Crippen LogP contribution in [0.15, 0.2) is 47.6 Å². The Kier molecular flexibility index (Phi) is 3.43. The molecule has 92 valence electrons. The molecule has 2 rings (SSSR count). The molecule has 5 nitrogen and oxygen atoms in total. The molecular weight excluding hydrogens is 230 g/mol. The first-order valence-electron chi connectivity index (χ1n) is 5.38. The highest BCUT2D eigenvalue weighted by Crippen LogP contribution is 2.19. The number of aromatic nitrogens is 1. The van der Waals surface area contributed by atoms with Gasteiger partial charge in [-0.15, -0.1) is 0 Å². The molecular formula is C13H13N3O2. The summed E-state index contributed by atoms with van der Waals surface area (Å²) in [7, 11) is 0. The Morgan fingerprint density at radius 3 is 2.61 bits per heavy atom. The minimum Gasteiger partial charge on any atom is -0.439 e. The number of amidine groups is 1. The van der Waals surface area contributed by atoms with E-state index in [0.29, 0.717) is 17.3 Å². The van der Waals surface area contributed by atoms with Crippen molar-refractivity contribution in [3.63, 3.8) is 0 Å². The van der Waals surface area contributed by atoms with Gasteiger partial charge in [0.15, 0.2) is 5.84 Å². The van der Waals surface area contributed by atoms with Gasteiger partial charge >= 0.3 is 0 Å². The van der Waals surface area contributed by atoms with Crippen LogP contribution in [-0.4, -0.2) is 16.0 Å². The Morgan fingerprint density at radius 2 is 1.94 bits per heavy atom. The van der Waals surface area contributed by atoms with Crippen molar-refractivity contribution in [1.82, 2.24) is 4.98 Å². The van der Waals surface area contributed by atoms with E-state index in [1.807, 2.05) is 31.2 Å². The zero-order valence-corrected chi connectivity index (χ0v) is 9.87. The Bertz CT molecular complexity index is 565. The summed E-state index contributed by atoms with van der Waals surface area (Å²) in [5, 5.41) is 11.5. The summed E-state index contributed by atoms with van der Waals surface area (Å²) in [5.41, 5.74) is 6.97. The van der Waals surface area contributed by atoms with E-state index >= 15 is 0 Å². The summed E-state index contributed by atoms with van der Waals surface area (Å²) in [6, 6.07) is 12.7. The van der Waals surface area contributed by atoms with Gasteiger partial charge < -0.3 is 15.7 Å². The molecule has 0 radical (unpaired) electrons. The third kappa shape index (κ3) is 2.76. The highest BCUT2D eigenvalue weighted by atomic mass is 16.5. The molecule has 1 aromatic carbocycles. The summed E-state index contributed by atoms with van der Waals surface area (Å²) in [6.07, 6.45) is 0. The van der Waals surface area contributed by atoms with Crippen LogP contribution in [0, 0.1) is 6.92 Å². The fraction of sp³-hybridized carbons (Fsp3) is 0.0769. The van der Waals surface area contributed by atoms with E-state index in [4.69, 9.17) is 15.7 Å². The standard InChI is InChI=1S/C13H13N3O2/c1-9-5-7-10(8-6-9)18-12-4-2-3-11(15-12)13(14)16-17/h2-8,17H,1H3,(H2,14,16). The zero-order valence-electron chi connectivity index (χ0n) is 9.87. The van der Waals surface area contributed by atoms with Crippen LogP contribution in [0.4, 0.5) is 0 Å². The lowest BCUT2D eigenvalue weighted by Gasteiger charge is -2.06. The second-order valence-electron chi connectivity index (χ2n) is 3.76. The molecule has 2 aromatic rings. The Morgan fingerprint density at radius 1 is 1.22 bits per heavy atom. The molecule has 0 saturated heterocycles. The Hall–Kier alpha value is -2.56. The second-order valence-corrected chi connectivity index (χ2v) is 3.76. The van der Waals surface area contributed by atoms with Crippen molar-refractivity contribution < 1.29 is 9.94 Å². The third-order valence-electron chi connectivity index (χ3n) is 2.34. The molecule has 0 aliphatic rings. The predicted octanol–water partition coefficient (Wildman–Crippen LogP) is 2.28. The quantitative estimate of drug-likeness (QED) is 0.375. The van der Waals surface area contributed by atoms with Crippen molar-refractivity contribution >= 4 is 5.84 Å². The van der Waals surface area contributed by atoms with Gasteiger partial charge in [-0.1, -0.05) is 28.9 Å². The first-order valence-corrected chi connectivity index (χ1v) is 5.38. The van der Waals surface area contributed by atoms with E-state index in [0.717, 1.165) is 5.56 Å². The number of aryl methyl sites for hydroxylation is 1. The summed E-state index contributed by atoms with van der Waals surface area (Å²) in [6.45, 7) is 2.00. The lowest BCUT2D eigenvalue weighted by atomic mass is 10.2. The number of rotatable bonds is 3. The molecule has 18 heavy (non-hydrogen) atoms. The van der Waals surface area contributed by atoms with Gasteiger partial charge in [-0.25, -0.2) is 4.98 Å². The molecule has 0 aliphatic carbocycles. The van der Waals surface area contributed by atoms with Crippen molar-refractivity contribution in [3.05, 3.63) is 53.7 Å². The Labute approximate surface area is 105 Å². The molecule has 5 heteroatoms. The lowest BCUT2D eigenvalue weighted by Crippen LogP contribution is -2.14. The maximum absolute atomic E-state index is 8.58. The molecule has 0 amide bonds. The number of nitrogens with zero attached hydrogens (tertiary/aromatic N) is 2. The van der Waals surface area contributed by atoms with Gasteiger partial charge in [-0.05, 0) is 25.1 Å². The van der Waals surface area contributed by atoms with Crippen molar-refractivity contribution in [3.8, 4) is 11.6 Å². The number of oxime groups is 1. The van der Waals surface area contributed by atoms with Gasteiger partial charge in [-0.2, -0.15) is 0 Å². The molecule has 0 bridgehead atoms. The summed E-state index contributed by atoms with van der Waals surface area (Å²) >= 11 is 0. The van der Waals surface area contributed by atoms with E-state index < -0.39 is 0 Å².